The first-order chi connectivity index (χ1) is 10.7. The van der Waals surface area contributed by atoms with Crippen molar-refractivity contribution in [2.24, 2.45) is 0 Å². The Balaban J connectivity index is 1.84. The molecule has 2 rings (SSSR count). The van der Waals surface area contributed by atoms with Crippen LogP contribution in [0, 0.1) is 0 Å². The molecule has 1 aliphatic rings. The van der Waals surface area contributed by atoms with Crippen LogP contribution < -0.4 is 10.2 Å². The molecule has 23 heavy (non-hydrogen) atoms. The third-order valence-electron chi connectivity index (χ3n) is 3.63. The van der Waals surface area contributed by atoms with Crippen molar-refractivity contribution in [1.82, 2.24) is 10.2 Å². The van der Waals surface area contributed by atoms with Crippen molar-refractivity contribution in [3.8, 4) is 0 Å². The second kappa shape index (κ2) is 7.21. The quantitative estimate of drug-likeness (QED) is 0.861. The highest BCUT2D eigenvalue weighted by Crippen LogP contribution is 2.20. The topological polar surface area (TPSA) is 52.7 Å². The number of amides is 2. The van der Waals surface area contributed by atoms with Crippen LogP contribution in [0.4, 0.5) is 5.69 Å². The van der Waals surface area contributed by atoms with Gasteiger partial charge in [-0.05, 0) is 39.0 Å². The van der Waals surface area contributed by atoms with Crippen LogP contribution in [0.1, 0.15) is 27.2 Å². The van der Waals surface area contributed by atoms with Crippen LogP contribution in [-0.4, -0.2) is 48.4 Å². The van der Waals surface area contributed by atoms with E-state index in [0.717, 1.165) is 18.8 Å². The summed E-state index contributed by atoms with van der Waals surface area (Å²) < 4.78 is 0. The maximum atomic E-state index is 12.2. The molecule has 1 aromatic carbocycles. The number of benzene rings is 1. The Bertz CT molecular complexity index is 575. The van der Waals surface area contributed by atoms with Gasteiger partial charge in [0.15, 0.2) is 0 Å². The van der Waals surface area contributed by atoms with Gasteiger partial charge in [0.25, 0.3) is 0 Å². The summed E-state index contributed by atoms with van der Waals surface area (Å²) in [7, 11) is 0. The van der Waals surface area contributed by atoms with Gasteiger partial charge in [-0.25, -0.2) is 0 Å². The number of hydrogen-bond acceptors (Lipinski definition) is 3. The van der Waals surface area contributed by atoms with Gasteiger partial charge in [-0.15, -0.1) is 0 Å². The molecule has 0 bridgehead atoms. The molecule has 0 unspecified atom stereocenters. The number of rotatable bonds is 3. The standard InChI is InChI=1S/C17H24ClN3O2/c1-17(2,3)19-15(22)12-16(23)21-9-7-20(8-10-21)14-6-4-5-13(18)11-14/h4-6,11H,7-10,12H2,1-3H3,(H,19,22). The number of nitrogens with one attached hydrogen (secondary N) is 1. The van der Waals surface area contributed by atoms with E-state index < -0.39 is 0 Å². The summed E-state index contributed by atoms with van der Waals surface area (Å²) in [5.74, 6) is -0.336. The molecule has 0 spiro atoms. The molecule has 0 saturated carbocycles. The molecule has 1 saturated heterocycles. The fraction of sp³-hybridized carbons (Fsp3) is 0.529. The SMILES string of the molecule is CC(C)(C)NC(=O)CC(=O)N1CCN(c2cccc(Cl)c2)CC1. The van der Waals surface area contributed by atoms with Crippen LogP contribution in [0.3, 0.4) is 0 Å². The molecule has 1 aromatic rings. The van der Waals surface area contributed by atoms with Gasteiger partial charge in [0.1, 0.15) is 6.42 Å². The number of carbonyl (C=O) groups is 2. The summed E-state index contributed by atoms with van der Waals surface area (Å²) >= 11 is 6.02. The third kappa shape index (κ3) is 5.43. The monoisotopic (exact) mass is 337 g/mol. The van der Waals surface area contributed by atoms with Crippen molar-refractivity contribution in [2.45, 2.75) is 32.7 Å². The van der Waals surface area contributed by atoms with Crippen LogP contribution in [0.15, 0.2) is 24.3 Å². The maximum Gasteiger partial charge on any atom is 0.232 e. The van der Waals surface area contributed by atoms with E-state index in [1.807, 2.05) is 45.0 Å². The first-order valence-electron chi connectivity index (χ1n) is 7.84. The molecule has 1 aliphatic heterocycles. The lowest BCUT2D eigenvalue weighted by Crippen LogP contribution is -2.50. The van der Waals surface area contributed by atoms with Crippen molar-refractivity contribution in [2.75, 3.05) is 31.1 Å². The zero-order chi connectivity index (χ0) is 17.0. The highest BCUT2D eigenvalue weighted by molar-refractivity contribution is 6.30. The molecule has 5 nitrogen and oxygen atoms in total. The summed E-state index contributed by atoms with van der Waals surface area (Å²) in [6, 6.07) is 7.71. The summed E-state index contributed by atoms with van der Waals surface area (Å²) in [6.45, 7) is 8.43. The molecule has 1 fully saturated rings. The minimum Gasteiger partial charge on any atom is -0.368 e. The minimum absolute atomic E-state index is 0.0889. The van der Waals surface area contributed by atoms with Crippen molar-refractivity contribution < 1.29 is 9.59 Å². The van der Waals surface area contributed by atoms with Crippen molar-refractivity contribution in [3.63, 3.8) is 0 Å². The Kier molecular flexibility index (Phi) is 5.52. The van der Waals surface area contributed by atoms with Crippen molar-refractivity contribution in [3.05, 3.63) is 29.3 Å². The number of carbonyl (C=O) groups excluding carboxylic acids is 2. The number of hydrogen-bond donors (Lipinski definition) is 1. The Hall–Kier alpha value is -1.75. The van der Waals surface area contributed by atoms with E-state index in [-0.39, 0.29) is 23.8 Å². The lowest BCUT2D eigenvalue weighted by Gasteiger charge is -2.36. The first-order valence-corrected chi connectivity index (χ1v) is 8.22. The summed E-state index contributed by atoms with van der Waals surface area (Å²) in [5, 5.41) is 3.53. The zero-order valence-corrected chi connectivity index (χ0v) is 14.7. The van der Waals surface area contributed by atoms with Gasteiger partial charge in [-0.2, -0.15) is 0 Å². The van der Waals surface area contributed by atoms with Crippen LogP contribution in [0.2, 0.25) is 5.02 Å². The van der Waals surface area contributed by atoms with Crippen molar-refractivity contribution in [1.29, 1.82) is 0 Å². The first kappa shape index (κ1) is 17.6. The fourth-order valence-corrected chi connectivity index (χ4v) is 2.78. The molecule has 1 heterocycles. The Morgan fingerprint density at radius 1 is 1.17 bits per heavy atom. The van der Waals surface area contributed by atoms with E-state index in [4.69, 9.17) is 11.6 Å². The van der Waals surface area contributed by atoms with E-state index >= 15 is 0 Å². The highest BCUT2D eigenvalue weighted by Gasteiger charge is 2.24. The fourth-order valence-electron chi connectivity index (χ4n) is 2.60. The number of anilines is 1. The lowest BCUT2D eigenvalue weighted by molar-refractivity contribution is -0.136. The van der Waals surface area contributed by atoms with Gasteiger partial charge in [0.05, 0.1) is 0 Å². The minimum atomic E-state index is -0.317. The number of halogens is 1. The van der Waals surface area contributed by atoms with Crippen LogP contribution in [0.5, 0.6) is 0 Å². The van der Waals surface area contributed by atoms with Gasteiger partial charge in [0, 0.05) is 42.4 Å². The summed E-state index contributed by atoms with van der Waals surface area (Å²) in [4.78, 5) is 28.0. The average Bonchev–Trinajstić information content (AvgIpc) is 2.45. The molecule has 126 valence electrons. The normalized spacial score (nSPS) is 15.5. The molecular formula is C17H24ClN3O2. The van der Waals surface area contributed by atoms with E-state index in [9.17, 15) is 9.59 Å². The van der Waals surface area contributed by atoms with Gasteiger partial charge in [0.2, 0.25) is 11.8 Å². The second-order valence-corrected chi connectivity index (χ2v) is 7.26. The van der Waals surface area contributed by atoms with E-state index in [1.165, 1.54) is 0 Å². The summed E-state index contributed by atoms with van der Waals surface area (Å²) in [5.41, 5.74) is 0.748. The number of nitrogens with zero attached hydrogens (tertiary/aromatic N) is 2. The van der Waals surface area contributed by atoms with E-state index in [1.54, 1.807) is 4.90 Å². The van der Waals surface area contributed by atoms with Crippen LogP contribution in [-0.2, 0) is 9.59 Å². The Morgan fingerprint density at radius 2 is 1.83 bits per heavy atom. The van der Waals surface area contributed by atoms with Gasteiger partial charge in [-0.3, -0.25) is 9.59 Å². The predicted molar refractivity (Wildman–Crippen MR) is 92.8 cm³/mol. The maximum absolute atomic E-state index is 12.2. The van der Waals surface area contributed by atoms with Gasteiger partial charge >= 0.3 is 0 Å². The molecule has 1 N–H and O–H groups in total. The molecule has 6 heteroatoms. The van der Waals surface area contributed by atoms with Gasteiger partial charge in [-0.1, -0.05) is 17.7 Å². The highest BCUT2D eigenvalue weighted by atomic mass is 35.5. The van der Waals surface area contributed by atoms with Crippen LogP contribution in [0.25, 0.3) is 0 Å². The van der Waals surface area contributed by atoms with Gasteiger partial charge < -0.3 is 15.1 Å². The van der Waals surface area contributed by atoms with E-state index in [0.29, 0.717) is 18.1 Å². The second-order valence-electron chi connectivity index (χ2n) is 6.82. The Labute approximate surface area is 142 Å². The summed E-state index contributed by atoms with van der Waals surface area (Å²) in [6.07, 6.45) is -0.0889. The molecular weight excluding hydrogens is 314 g/mol. The largest absolute Gasteiger partial charge is 0.368 e. The lowest BCUT2D eigenvalue weighted by atomic mass is 10.1. The molecule has 0 aliphatic carbocycles. The van der Waals surface area contributed by atoms with E-state index in [2.05, 4.69) is 10.2 Å². The molecule has 0 aromatic heterocycles. The smallest absolute Gasteiger partial charge is 0.232 e. The molecule has 2 amide bonds. The third-order valence-corrected chi connectivity index (χ3v) is 3.87. The Morgan fingerprint density at radius 3 is 2.39 bits per heavy atom. The van der Waals surface area contributed by atoms with Crippen molar-refractivity contribution >= 4 is 29.1 Å². The molecule has 0 radical (unpaired) electrons. The predicted octanol–water partition coefficient (Wildman–Crippen LogP) is 2.29. The average molecular weight is 338 g/mol. The van der Waals surface area contributed by atoms with Crippen LogP contribution >= 0.6 is 11.6 Å². The molecule has 0 atom stereocenters. The number of piperazine rings is 1. The zero-order valence-electron chi connectivity index (χ0n) is 13.9.